The zero-order valence-electron chi connectivity index (χ0n) is 16.0. The molecule has 3 rings (SSSR count). The summed E-state index contributed by atoms with van der Waals surface area (Å²) in [6.45, 7) is 2.03. The number of phenolic OH excluding ortho intramolecular Hbond substituents is 1. The molecule has 0 unspecified atom stereocenters. The average Bonchev–Trinajstić information content (AvgIpc) is 2.68. The monoisotopic (exact) mass is 408 g/mol. The Labute approximate surface area is 169 Å². The van der Waals surface area contributed by atoms with Crippen molar-refractivity contribution in [2.75, 3.05) is 13.7 Å². The maximum absolute atomic E-state index is 12.9. The van der Waals surface area contributed by atoms with Crippen molar-refractivity contribution in [1.82, 2.24) is 10.6 Å². The topological polar surface area (TPSA) is 96.9 Å². The van der Waals surface area contributed by atoms with Crippen LogP contribution in [0.25, 0.3) is 0 Å². The number of ether oxygens (including phenoxy) is 2. The molecule has 0 bridgehead atoms. The van der Waals surface area contributed by atoms with Gasteiger partial charge in [-0.1, -0.05) is 30.9 Å². The van der Waals surface area contributed by atoms with Crippen LogP contribution in [0.2, 0.25) is 5.02 Å². The Bertz CT molecular complexity index is 802. The first-order valence-electron chi connectivity index (χ1n) is 9.42. The summed E-state index contributed by atoms with van der Waals surface area (Å²) in [5, 5.41) is 15.4. The number of carbonyl (C=O) groups is 2. The third-order valence-electron chi connectivity index (χ3n) is 5.27. The SMILES string of the molecule is COc1cc([C@@H]2NC(=O)NC(C)=C2C(=O)OCC2CCCCC2)cc(Cl)c1O. The Hall–Kier alpha value is -2.41. The van der Waals surface area contributed by atoms with Gasteiger partial charge in [-0.3, -0.25) is 0 Å². The van der Waals surface area contributed by atoms with Gasteiger partial charge in [0.1, 0.15) is 0 Å². The molecule has 1 saturated carbocycles. The standard InChI is InChI=1S/C20H25ClN2O5/c1-11-16(19(25)28-10-12-6-4-3-5-7-12)17(23-20(26)22-11)13-8-14(21)18(24)15(9-13)27-2/h8-9,12,17,24H,3-7,10H2,1-2H3,(H2,22,23,26)/t17-/m0/s1. The highest BCUT2D eigenvalue weighted by atomic mass is 35.5. The van der Waals surface area contributed by atoms with E-state index in [1.54, 1.807) is 13.0 Å². The van der Waals surface area contributed by atoms with Gasteiger partial charge in [0.2, 0.25) is 0 Å². The number of halogens is 1. The number of allylic oxidation sites excluding steroid dienone is 1. The summed E-state index contributed by atoms with van der Waals surface area (Å²) < 4.78 is 10.7. The number of aromatic hydroxyl groups is 1. The summed E-state index contributed by atoms with van der Waals surface area (Å²) in [4.78, 5) is 24.9. The van der Waals surface area contributed by atoms with Crippen LogP contribution in [0.5, 0.6) is 11.5 Å². The first-order valence-corrected chi connectivity index (χ1v) is 9.80. The van der Waals surface area contributed by atoms with Crippen LogP contribution in [-0.4, -0.2) is 30.8 Å². The molecule has 1 aliphatic carbocycles. The summed E-state index contributed by atoms with van der Waals surface area (Å²) >= 11 is 6.09. The number of urea groups is 1. The van der Waals surface area contributed by atoms with Gasteiger partial charge in [0, 0.05) is 5.70 Å². The van der Waals surface area contributed by atoms with Gasteiger partial charge in [0.25, 0.3) is 0 Å². The molecule has 7 nitrogen and oxygen atoms in total. The number of hydrogen-bond donors (Lipinski definition) is 3. The Morgan fingerprint density at radius 2 is 2.00 bits per heavy atom. The van der Waals surface area contributed by atoms with Crippen molar-refractivity contribution in [3.63, 3.8) is 0 Å². The van der Waals surface area contributed by atoms with E-state index in [2.05, 4.69) is 10.6 Å². The second kappa shape index (κ2) is 8.73. The first-order chi connectivity index (χ1) is 13.4. The summed E-state index contributed by atoms with van der Waals surface area (Å²) in [6, 6.07) is 1.84. The van der Waals surface area contributed by atoms with Gasteiger partial charge in [-0.05, 0) is 43.4 Å². The molecule has 152 valence electrons. The van der Waals surface area contributed by atoms with Crippen LogP contribution in [0.15, 0.2) is 23.4 Å². The lowest BCUT2D eigenvalue weighted by Crippen LogP contribution is -2.45. The Kier molecular flexibility index (Phi) is 6.34. The van der Waals surface area contributed by atoms with Crippen molar-refractivity contribution < 1.29 is 24.2 Å². The summed E-state index contributed by atoms with van der Waals surface area (Å²) in [7, 11) is 1.40. The van der Waals surface area contributed by atoms with Crippen molar-refractivity contribution in [3.05, 3.63) is 34.0 Å². The minimum absolute atomic E-state index is 0.0645. The largest absolute Gasteiger partial charge is 0.503 e. The lowest BCUT2D eigenvalue weighted by molar-refractivity contribution is -0.141. The lowest BCUT2D eigenvalue weighted by atomic mass is 9.90. The van der Waals surface area contributed by atoms with Crippen LogP contribution in [0, 0.1) is 5.92 Å². The highest BCUT2D eigenvalue weighted by molar-refractivity contribution is 6.32. The number of methoxy groups -OCH3 is 1. The van der Waals surface area contributed by atoms with E-state index in [-0.39, 0.29) is 16.5 Å². The highest BCUT2D eigenvalue weighted by Gasteiger charge is 2.33. The van der Waals surface area contributed by atoms with Crippen molar-refractivity contribution in [2.45, 2.75) is 45.1 Å². The van der Waals surface area contributed by atoms with Crippen LogP contribution in [0.1, 0.15) is 50.6 Å². The van der Waals surface area contributed by atoms with E-state index < -0.39 is 18.0 Å². The predicted octanol–water partition coefficient (Wildman–Crippen LogP) is 3.81. The third-order valence-corrected chi connectivity index (χ3v) is 5.56. The molecule has 1 atom stereocenters. The fourth-order valence-corrected chi connectivity index (χ4v) is 3.97. The molecule has 8 heteroatoms. The van der Waals surface area contributed by atoms with Crippen molar-refractivity contribution >= 4 is 23.6 Å². The van der Waals surface area contributed by atoms with Gasteiger partial charge in [0.15, 0.2) is 11.5 Å². The number of esters is 1. The van der Waals surface area contributed by atoms with E-state index >= 15 is 0 Å². The number of rotatable bonds is 5. The molecule has 1 heterocycles. The van der Waals surface area contributed by atoms with Crippen molar-refractivity contribution in [3.8, 4) is 11.5 Å². The number of hydrogen-bond acceptors (Lipinski definition) is 5. The second-order valence-corrected chi connectivity index (χ2v) is 7.63. The molecule has 3 N–H and O–H groups in total. The summed E-state index contributed by atoms with van der Waals surface area (Å²) in [6.07, 6.45) is 5.69. The second-order valence-electron chi connectivity index (χ2n) is 7.23. The maximum Gasteiger partial charge on any atom is 0.338 e. The molecule has 1 fully saturated rings. The number of amides is 2. The van der Waals surface area contributed by atoms with Gasteiger partial charge in [-0.2, -0.15) is 0 Å². The van der Waals surface area contributed by atoms with E-state index in [1.165, 1.54) is 19.6 Å². The van der Waals surface area contributed by atoms with Crippen LogP contribution in [-0.2, 0) is 9.53 Å². The zero-order chi connectivity index (χ0) is 20.3. The van der Waals surface area contributed by atoms with E-state index in [1.807, 2.05) is 0 Å². The normalized spacial score (nSPS) is 20.4. The first kappa shape index (κ1) is 20.3. The lowest BCUT2D eigenvalue weighted by Gasteiger charge is -2.29. The third kappa shape index (κ3) is 4.35. The summed E-state index contributed by atoms with van der Waals surface area (Å²) in [5.41, 5.74) is 1.24. The Balaban J connectivity index is 1.86. The number of phenols is 1. The molecular formula is C20H25ClN2O5. The molecule has 2 amide bonds. The Morgan fingerprint density at radius 1 is 1.29 bits per heavy atom. The highest BCUT2D eigenvalue weighted by Crippen LogP contribution is 2.39. The minimum atomic E-state index is -0.764. The van der Waals surface area contributed by atoms with Gasteiger partial charge in [-0.15, -0.1) is 0 Å². The van der Waals surface area contributed by atoms with Gasteiger partial charge >= 0.3 is 12.0 Å². The minimum Gasteiger partial charge on any atom is -0.503 e. The van der Waals surface area contributed by atoms with Crippen LogP contribution in [0.4, 0.5) is 4.79 Å². The molecule has 0 saturated heterocycles. The molecule has 1 aromatic rings. The molecule has 1 aromatic carbocycles. The number of benzene rings is 1. The van der Waals surface area contributed by atoms with E-state index in [4.69, 9.17) is 21.1 Å². The van der Waals surface area contributed by atoms with Gasteiger partial charge in [-0.25, -0.2) is 9.59 Å². The number of nitrogens with one attached hydrogen (secondary N) is 2. The molecule has 0 spiro atoms. The van der Waals surface area contributed by atoms with Crippen LogP contribution < -0.4 is 15.4 Å². The zero-order valence-corrected chi connectivity index (χ0v) is 16.8. The fourth-order valence-electron chi connectivity index (χ4n) is 3.76. The van der Waals surface area contributed by atoms with E-state index in [0.29, 0.717) is 29.4 Å². The Morgan fingerprint density at radius 3 is 2.68 bits per heavy atom. The molecule has 2 aliphatic rings. The fraction of sp³-hybridized carbons (Fsp3) is 0.500. The van der Waals surface area contributed by atoms with E-state index in [9.17, 15) is 14.7 Å². The van der Waals surface area contributed by atoms with E-state index in [0.717, 1.165) is 25.7 Å². The van der Waals surface area contributed by atoms with Gasteiger partial charge in [0.05, 0.1) is 30.4 Å². The van der Waals surface area contributed by atoms with Gasteiger partial charge < -0.3 is 25.2 Å². The molecular weight excluding hydrogens is 384 g/mol. The van der Waals surface area contributed by atoms with Crippen LogP contribution >= 0.6 is 11.6 Å². The summed E-state index contributed by atoms with van der Waals surface area (Å²) in [5.74, 6) is -0.145. The quantitative estimate of drug-likeness (QED) is 0.644. The molecule has 0 radical (unpaired) electrons. The molecule has 1 aliphatic heterocycles. The molecule has 0 aromatic heterocycles. The smallest absolute Gasteiger partial charge is 0.338 e. The van der Waals surface area contributed by atoms with Crippen molar-refractivity contribution in [1.29, 1.82) is 0 Å². The van der Waals surface area contributed by atoms with Crippen molar-refractivity contribution in [2.24, 2.45) is 5.92 Å². The van der Waals surface area contributed by atoms with Crippen LogP contribution in [0.3, 0.4) is 0 Å². The predicted molar refractivity (Wildman–Crippen MR) is 104 cm³/mol. The average molecular weight is 409 g/mol. The molecule has 28 heavy (non-hydrogen) atoms. The maximum atomic E-state index is 12.9. The number of carbonyl (C=O) groups excluding carboxylic acids is 2.